The Labute approximate surface area is 135 Å². The largest absolute Gasteiger partial charge is 0.430 e. The van der Waals surface area contributed by atoms with E-state index in [1.165, 1.54) is 6.07 Å². The van der Waals surface area contributed by atoms with Crippen LogP contribution in [0.5, 0.6) is 5.75 Å². The second-order valence-electron chi connectivity index (χ2n) is 4.06. The topological polar surface area (TPSA) is 50.8 Å². The van der Waals surface area contributed by atoms with Gasteiger partial charge in [0.25, 0.3) is 0 Å². The van der Waals surface area contributed by atoms with Gasteiger partial charge in [-0.3, -0.25) is 0 Å². The average molecular weight is 372 g/mol. The van der Waals surface area contributed by atoms with E-state index in [0.717, 1.165) is 10.9 Å². The van der Waals surface area contributed by atoms with Crippen molar-refractivity contribution < 1.29 is 26.7 Å². The highest BCUT2D eigenvalue weighted by Gasteiger charge is 2.32. The quantitative estimate of drug-likeness (QED) is 0.736. The number of benzene rings is 1. The highest BCUT2D eigenvalue weighted by Crippen LogP contribution is 2.38. The molecule has 0 fully saturated rings. The second-order valence-corrected chi connectivity index (χ2v) is 4.88. The number of halogens is 7. The smallest absolute Gasteiger partial charge is 0.416 e. The summed E-state index contributed by atoms with van der Waals surface area (Å²) in [4.78, 5) is 0. The molecule has 4 nitrogen and oxygen atoms in total. The fraction of sp³-hybridized carbons (Fsp3) is 0.167. The van der Waals surface area contributed by atoms with Crippen LogP contribution in [-0.2, 0) is 6.18 Å². The van der Waals surface area contributed by atoms with Crippen molar-refractivity contribution in [3.8, 4) is 17.5 Å². The van der Waals surface area contributed by atoms with Gasteiger partial charge in [-0.05, 0) is 12.1 Å². The summed E-state index contributed by atoms with van der Waals surface area (Å²) in [6, 6.07) is 2.71. The van der Waals surface area contributed by atoms with Crippen LogP contribution in [0.2, 0.25) is 10.0 Å². The van der Waals surface area contributed by atoms with E-state index in [9.17, 15) is 22.0 Å². The van der Waals surface area contributed by atoms with Crippen molar-refractivity contribution in [3.63, 3.8) is 0 Å². The summed E-state index contributed by atoms with van der Waals surface area (Å²) in [5, 5.41) is 11.6. The Bertz CT molecular complexity index is 759. The fourth-order valence-corrected chi connectivity index (χ4v) is 2.34. The lowest BCUT2D eigenvalue weighted by Gasteiger charge is -2.12. The van der Waals surface area contributed by atoms with Crippen LogP contribution in [0.15, 0.2) is 18.3 Å². The second kappa shape index (κ2) is 6.22. The molecule has 0 N–H and O–H groups in total. The molecule has 1 aromatic carbocycles. The van der Waals surface area contributed by atoms with Gasteiger partial charge in [0.1, 0.15) is 11.8 Å². The van der Waals surface area contributed by atoms with Gasteiger partial charge in [0, 0.05) is 0 Å². The number of hydrogen-bond donors (Lipinski definition) is 0. The van der Waals surface area contributed by atoms with Gasteiger partial charge in [-0.15, -0.1) is 0 Å². The Morgan fingerprint density at radius 1 is 1.22 bits per heavy atom. The van der Waals surface area contributed by atoms with Gasteiger partial charge >= 0.3 is 12.8 Å². The Hall–Kier alpha value is -2.05. The molecule has 0 radical (unpaired) electrons. The molecule has 0 saturated carbocycles. The molecule has 2 rings (SSSR count). The van der Waals surface area contributed by atoms with E-state index in [-0.39, 0.29) is 5.69 Å². The lowest BCUT2D eigenvalue weighted by molar-refractivity contribution is -0.137. The Morgan fingerprint density at radius 2 is 1.78 bits per heavy atom. The summed E-state index contributed by atoms with van der Waals surface area (Å²) in [7, 11) is 0. The zero-order valence-electron chi connectivity index (χ0n) is 10.7. The minimum absolute atomic E-state index is 0.207. The third kappa shape index (κ3) is 3.65. The maximum absolute atomic E-state index is 12.7. The molecule has 0 amide bonds. The van der Waals surface area contributed by atoms with Crippen molar-refractivity contribution in [2.24, 2.45) is 0 Å². The zero-order valence-corrected chi connectivity index (χ0v) is 12.2. The van der Waals surface area contributed by atoms with E-state index in [2.05, 4.69) is 9.84 Å². The summed E-state index contributed by atoms with van der Waals surface area (Å²) in [6.07, 6.45) is -3.80. The molecular weight excluding hydrogens is 368 g/mol. The normalized spacial score (nSPS) is 11.6. The van der Waals surface area contributed by atoms with Gasteiger partial charge in [0.15, 0.2) is 5.75 Å². The first-order chi connectivity index (χ1) is 10.6. The molecule has 0 aliphatic carbocycles. The zero-order chi connectivity index (χ0) is 17.4. The van der Waals surface area contributed by atoms with Gasteiger partial charge in [0.05, 0.1) is 21.8 Å². The van der Waals surface area contributed by atoms with Gasteiger partial charge < -0.3 is 4.74 Å². The first kappa shape index (κ1) is 17.3. The van der Waals surface area contributed by atoms with Crippen LogP contribution in [0.4, 0.5) is 22.0 Å². The molecule has 0 aliphatic rings. The highest BCUT2D eigenvalue weighted by atomic mass is 35.5. The number of alkyl halides is 5. The maximum atomic E-state index is 12.7. The van der Waals surface area contributed by atoms with E-state index in [4.69, 9.17) is 28.5 Å². The number of aromatic nitrogens is 2. The lowest BCUT2D eigenvalue weighted by atomic mass is 10.2. The van der Waals surface area contributed by atoms with Crippen molar-refractivity contribution in [3.05, 3.63) is 39.6 Å². The first-order valence-electron chi connectivity index (χ1n) is 5.64. The fourth-order valence-electron chi connectivity index (χ4n) is 1.68. The molecule has 0 unspecified atom stereocenters. The molecule has 0 saturated heterocycles. The van der Waals surface area contributed by atoms with Crippen molar-refractivity contribution in [2.45, 2.75) is 12.8 Å². The molecule has 11 heteroatoms. The van der Waals surface area contributed by atoms with Crippen LogP contribution < -0.4 is 4.74 Å². The van der Waals surface area contributed by atoms with E-state index in [1.807, 2.05) is 0 Å². The van der Waals surface area contributed by atoms with E-state index < -0.39 is 39.8 Å². The molecule has 1 heterocycles. The number of nitrogens with zero attached hydrogens (tertiary/aromatic N) is 3. The van der Waals surface area contributed by atoms with E-state index in [1.54, 1.807) is 0 Å². The maximum Gasteiger partial charge on any atom is 0.416 e. The summed E-state index contributed by atoms with van der Waals surface area (Å²) in [5.74, 6) is -0.561. The predicted octanol–water partition coefficient (Wildman–Crippen LogP) is 4.67. The number of ether oxygens (including phenoxy) is 1. The van der Waals surface area contributed by atoms with Gasteiger partial charge in [-0.1, -0.05) is 23.2 Å². The molecule has 0 bridgehead atoms. The van der Waals surface area contributed by atoms with Crippen LogP contribution in [0.25, 0.3) is 5.69 Å². The highest BCUT2D eigenvalue weighted by molar-refractivity contribution is 6.37. The van der Waals surface area contributed by atoms with E-state index >= 15 is 0 Å². The predicted molar refractivity (Wildman–Crippen MR) is 69.9 cm³/mol. The SMILES string of the molecule is N#Cc1nn(-c2c(Cl)cc(C(F)(F)F)cc2Cl)cc1OC(F)F. The monoisotopic (exact) mass is 371 g/mol. The number of rotatable bonds is 3. The minimum Gasteiger partial charge on any atom is -0.430 e. The van der Waals surface area contributed by atoms with Crippen LogP contribution in [0, 0.1) is 11.3 Å². The number of nitriles is 1. The van der Waals surface area contributed by atoms with Crippen molar-refractivity contribution in [1.29, 1.82) is 5.26 Å². The van der Waals surface area contributed by atoms with Crippen LogP contribution in [-0.4, -0.2) is 16.4 Å². The molecule has 1 aromatic heterocycles. The number of hydrogen-bond acceptors (Lipinski definition) is 3. The van der Waals surface area contributed by atoms with Crippen LogP contribution >= 0.6 is 23.2 Å². The molecule has 122 valence electrons. The first-order valence-corrected chi connectivity index (χ1v) is 6.40. The summed E-state index contributed by atoms with van der Waals surface area (Å²) in [6.45, 7) is -3.21. The average Bonchev–Trinajstić information content (AvgIpc) is 2.78. The van der Waals surface area contributed by atoms with Crippen molar-refractivity contribution in [2.75, 3.05) is 0 Å². The third-order valence-corrected chi connectivity index (χ3v) is 3.15. The van der Waals surface area contributed by atoms with Crippen LogP contribution in [0.3, 0.4) is 0 Å². The Morgan fingerprint density at radius 3 is 2.22 bits per heavy atom. The van der Waals surface area contributed by atoms with E-state index in [0.29, 0.717) is 12.1 Å². The molecule has 23 heavy (non-hydrogen) atoms. The molecule has 0 aliphatic heterocycles. The molecule has 2 aromatic rings. The molecule has 0 spiro atoms. The van der Waals surface area contributed by atoms with Crippen molar-refractivity contribution >= 4 is 23.2 Å². The molecular formula is C12H4Cl2F5N3O. The Balaban J connectivity index is 2.55. The van der Waals surface area contributed by atoms with Gasteiger partial charge in [-0.2, -0.15) is 32.3 Å². The van der Waals surface area contributed by atoms with Gasteiger partial charge in [-0.25, -0.2) is 4.68 Å². The lowest BCUT2D eigenvalue weighted by Crippen LogP contribution is -2.07. The molecule has 0 atom stereocenters. The van der Waals surface area contributed by atoms with Crippen LogP contribution in [0.1, 0.15) is 11.3 Å². The minimum atomic E-state index is -4.67. The van der Waals surface area contributed by atoms with Gasteiger partial charge in [0.2, 0.25) is 5.69 Å². The summed E-state index contributed by atoms with van der Waals surface area (Å²) in [5.41, 5.74) is -1.80. The third-order valence-electron chi connectivity index (χ3n) is 2.58. The summed E-state index contributed by atoms with van der Waals surface area (Å²) >= 11 is 11.5. The van der Waals surface area contributed by atoms with Crippen molar-refractivity contribution in [1.82, 2.24) is 9.78 Å². The Kier molecular flexibility index (Phi) is 4.68. The standard InChI is InChI=1S/C12H4Cl2F5N3O/c13-6-1-5(12(17,18)19)2-7(14)10(6)22-4-9(23-11(15)16)8(3-20)21-22/h1-2,4,11H. The summed E-state index contributed by atoms with van der Waals surface area (Å²) < 4.78 is 67.4.